The van der Waals surface area contributed by atoms with Crippen molar-refractivity contribution in [2.45, 2.75) is 18.9 Å². The fourth-order valence-electron chi connectivity index (χ4n) is 1.65. The fraction of sp³-hybridized carbons (Fsp3) is 0.455. The van der Waals surface area contributed by atoms with E-state index in [0.717, 1.165) is 25.9 Å². The van der Waals surface area contributed by atoms with Crippen LogP contribution in [0.3, 0.4) is 0 Å². The summed E-state index contributed by atoms with van der Waals surface area (Å²) in [5.41, 5.74) is 0.703. The minimum Gasteiger partial charge on any atom is -0.446 e. The van der Waals surface area contributed by atoms with Crippen LogP contribution in [0.4, 0.5) is 10.5 Å². The largest absolute Gasteiger partial charge is 0.446 e. The van der Waals surface area contributed by atoms with Crippen LogP contribution in [0.2, 0.25) is 0 Å². The van der Waals surface area contributed by atoms with E-state index in [-0.39, 0.29) is 6.10 Å². The number of piperidine rings is 1. The number of carbonyl (C=O) groups excluding carboxylic acids is 1. The average molecular weight is 221 g/mol. The maximum absolute atomic E-state index is 11.5. The highest BCUT2D eigenvalue weighted by Gasteiger charge is 2.17. The minimum absolute atomic E-state index is 0.0306. The van der Waals surface area contributed by atoms with Crippen molar-refractivity contribution < 1.29 is 9.53 Å². The predicted molar refractivity (Wildman–Crippen MR) is 60.2 cm³/mol. The van der Waals surface area contributed by atoms with Crippen molar-refractivity contribution in [3.63, 3.8) is 0 Å². The number of rotatable bonds is 2. The molecular weight excluding hydrogens is 206 g/mol. The molecule has 5 heteroatoms. The van der Waals surface area contributed by atoms with Gasteiger partial charge in [-0.1, -0.05) is 0 Å². The van der Waals surface area contributed by atoms with Crippen LogP contribution in [0.1, 0.15) is 12.8 Å². The summed E-state index contributed by atoms with van der Waals surface area (Å²) in [5.74, 6) is 0. The minimum atomic E-state index is -0.391. The van der Waals surface area contributed by atoms with Crippen molar-refractivity contribution in [1.82, 2.24) is 10.3 Å². The maximum Gasteiger partial charge on any atom is 0.411 e. The lowest BCUT2D eigenvalue weighted by molar-refractivity contribution is 0.0909. The molecule has 0 bridgehead atoms. The summed E-state index contributed by atoms with van der Waals surface area (Å²) in [7, 11) is 0. The van der Waals surface area contributed by atoms with Gasteiger partial charge >= 0.3 is 6.09 Å². The van der Waals surface area contributed by atoms with Gasteiger partial charge < -0.3 is 10.1 Å². The number of anilines is 1. The highest BCUT2D eigenvalue weighted by Crippen LogP contribution is 2.10. The van der Waals surface area contributed by atoms with Gasteiger partial charge in [-0.2, -0.15) is 0 Å². The second kappa shape index (κ2) is 5.46. The van der Waals surface area contributed by atoms with Crippen molar-refractivity contribution in [3.05, 3.63) is 24.5 Å². The van der Waals surface area contributed by atoms with Crippen molar-refractivity contribution in [2.75, 3.05) is 18.4 Å². The van der Waals surface area contributed by atoms with Gasteiger partial charge in [0.15, 0.2) is 0 Å². The molecule has 0 radical (unpaired) electrons. The molecule has 16 heavy (non-hydrogen) atoms. The molecule has 1 aromatic rings. The Morgan fingerprint density at radius 3 is 2.75 bits per heavy atom. The number of nitrogens with zero attached hydrogens (tertiary/aromatic N) is 1. The Balaban J connectivity index is 1.80. The number of nitrogens with one attached hydrogen (secondary N) is 2. The van der Waals surface area contributed by atoms with Gasteiger partial charge in [-0.3, -0.25) is 10.3 Å². The standard InChI is InChI=1S/C11H15N3O2/c15-11(14-9-1-5-12-6-2-9)16-10-3-7-13-8-4-10/h1-2,5-6,10,13H,3-4,7-8H2,(H,12,14,15). The number of aromatic nitrogens is 1. The van der Waals surface area contributed by atoms with E-state index in [1.54, 1.807) is 24.5 Å². The molecule has 1 fully saturated rings. The summed E-state index contributed by atoms with van der Waals surface area (Å²) in [5, 5.41) is 5.89. The van der Waals surface area contributed by atoms with Crippen molar-refractivity contribution in [1.29, 1.82) is 0 Å². The van der Waals surface area contributed by atoms with Gasteiger partial charge in [0, 0.05) is 18.1 Å². The van der Waals surface area contributed by atoms with E-state index in [0.29, 0.717) is 5.69 Å². The van der Waals surface area contributed by atoms with Crippen LogP contribution < -0.4 is 10.6 Å². The van der Waals surface area contributed by atoms with Gasteiger partial charge in [0.05, 0.1) is 0 Å². The first-order valence-corrected chi connectivity index (χ1v) is 5.43. The Morgan fingerprint density at radius 2 is 2.06 bits per heavy atom. The second-order valence-corrected chi connectivity index (χ2v) is 3.72. The van der Waals surface area contributed by atoms with Crippen LogP contribution in [0.5, 0.6) is 0 Å². The SMILES string of the molecule is O=C(Nc1ccncc1)OC1CCNCC1. The molecule has 0 spiro atoms. The molecule has 0 saturated carbocycles. The van der Waals surface area contributed by atoms with E-state index < -0.39 is 6.09 Å². The average Bonchev–Trinajstić information content (AvgIpc) is 2.31. The highest BCUT2D eigenvalue weighted by molar-refractivity contribution is 5.84. The van der Waals surface area contributed by atoms with Gasteiger partial charge in [-0.05, 0) is 38.1 Å². The zero-order chi connectivity index (χ0) is 11.2. The first-order valence-electron chi connectivity index (χ1n) is 5.43. The second-order valence-electron chi connectivity index (χ2n) is 3.72. The Bertz CT molecular complexity index is 336. The Hall–Kier alpha value is -1.62. The van der Waals surface area contributed by atoms with Crippen LogP contribution in [-0.4, -0.2) is 30.3 Å². The first kappa shape index (κ1) is 10.9. The summed E-state index contributed by atoms with van der Waals surface area (Å²) in [6.45, 7) is 1.82. The summed E-state index contributed by atoms with van der Waals surface area (Å²) in [6.07, 6.45) is 4.65. The molecule has 1 aromatic heterocycles. The molecule has 1 saturated heterocycles. The first-order chi connectivity index (χ1) is 7.84. The molecule has 1 aliphatic heterocycles. The Kier molecular flexibility index (Phi) is 3.71. The third-order valence-electron chi connectivity index (χ3n) is 2.49. The lowest BCUT2D eigenvalue weighted by Gasteiger charge is -2.22. The van der Waals surface area contributed by atoms with Crippen molar-refractivity contribution >= 4 is 11.8 Å². The highest BCUT2D eigenvalue weighted by atomic mass is 16.6. The molecule has 1 amide bonds. The number of hydrogen-bond acceptors (Lipinski definition) is 4. The quantitative estimate of drug-likeness (QED) is 0.792. The molecule has 2 N–H and O–H groups in total. The van der Waals surface area contributed by atoms with Crippen LogP contribution >= 0.6 is 0 Å². The number of ether oxygens (including phenoxy) is 1. The van der Waals surface area contributed by atoms with Gasteiger partial charge in [-0.25, -0.2) is 4.79 Å². The van der Waals surface area contributed by atoms with E-state index in [1.165, 1.54) is 0 Å². The molecule has 5 nitrogen and oxygen atoms in total. The predicted octanol–water partition coefficient (Wildman–Crippen LogP) is 1.38. The van der Waals surface area contributed by atoms with Crippen LogP contribution in [0, 0.1) is 0 Å². The Morgan fingerprint density at radius 1 is 1.38 bits per heavy atom. The molecule has 0 unspecified atom stereocenters. The van der Waals surface area contributed by atoms with E-state index in [4.69, 9.17) is 4.74 Å². The molecule has 2 rings (SSSR count). The van der Waals surface area contributed by atoms with Gasteiger partial charge in [0.25, 0.3) is 0 Å². The van der Waals surface area contributed by atoms with Crippen LogP contribution in [-0.2, 0) is 4.74 Å². The molecular formula is C11H15N3O2. The molecule has 86 valence electrons. The van der Waals surface area contributed by atoms with Gasteiger partial charge in [0.1, 0.15) is 6.10 Å². The third-order valence-corrected chi connectivity index (χ3v) is 2.49. The van der Waals surface area contributed by atoms with Gasteiger partial charge in [0.2, 0.25) is 0 Å². The monoisotopic (exact) mass is 221 g/mol. The molecule has 1 aliphatic rings. The number of amides is 1. The molecule has 0 aromatic carbocycles. The maximum atomic E-state index is 11.5. The van der Waals surface area contributed by atoms with Crippen LogP contribution in [0.15, 0.2) is 24.5 Å². The lowest BCUT2D eigenvalue weighted by atomic mass is 10.1. The summed E-state index contributed by atoms with van der Waals surface area (Å²) < 4.78 is 5.28. The number of carbonyl (C=O) groups is 1. The van der Waals surface area contributed by atoms with Crippen molar-refractivity contribution in [2.24, 2.45) is 0 Å². The topological polar surface area (TPSA) is 63.2 Å². The summed E-state index contributed by atoms with van der Waals surface area (Å²) >= 11 is 0. The zero-order valence-electron chi connectivity index (χ0n) is 8.98. The normalized spacial score (nSPS) is 16.8. The molecule has 2 heterocycles. The Labute approximate surface area is 94.2 Å². The third kappa shape index (κ3) is 3.20. The molecule has 0 aliphatic carbocycles. The van der Waals surface area contributed by atoms with Crippen molar-refractivity contribution in [3.8, 4) is 0 Å². The number of hydrogen-bond donors (Lipinski definition) is 2. The fourth-order valence-corrected chi connectivity index (χ4v) is 1.65. The van der Waals surface area contributed by atoms with E-state index >= 15 is 0 Å². The number of pyridine rings is 1. The van der Waals surface area contributed by atoms with E-state index in [2.05, 4.69) is 15.6 Å². The van der Waals surface area contributed by atoms with Crippen LogP contribution in [0.25, 0.3) is 0 Å². The lowest BCUT2D eigenvalue weighted by Crippen LogP contribution is -2.34. The summed E-state index contributed by atoms with van der Waals surface area (Å²) in [6, 6.07) is 3.45. The smallest absolute Gasteiger partial charge is 0.411 e. The summed E-state index contributed by atoms with van der Waals surface area (Å²) in [4.78, 5) is 15.4. The van der Waals surface area contributed by atoms with Gasteiger partial charge in [-0.15, -0.1) is 0 Å². The van der Waals surface area contributed by atoms with E-state index in [9.17, 15) is 4.79 Å². The van der Waals surface area contributed by atoms with E-state index in [1.807, 2.05) is 0 Å². The zero-order valence-corrected chi connectivity index (χ0v) is 8.98. The molecule has 0 atom stereocenters.